The molecule has 106 valence electrons. The summed E-state index contributed by atoms with van der Waals surface area (Å²) in [6.07, 6.45) is 1.87. The van der Waals surface area contributed by atoms with E-state index in [4.69, 9.17) is 0 Å². The number of aliphatic carboxylic acids is 1. The molecule has 5 nitrogen and oxygen atoms in total. The van der Waals surface area contributed by atoms with Gasteiger partial charge in [0.15, 0.2) is 0 Å². The maximum absolute atomic E-state index is 12.6. The fraction of sp³-hybridized carbons (Fsp3) is 0.467. The number of rotatable bonds is 2. The molecule has 0 radical (unpaired) electrons. The lowest BCUT2D eigenvalue weighted by atomic mass is 9.98. The molecule has 0 saturated carbocycles. The van der Waals surface area contributed by atoms with E-state index in [9.17, 15) is 14.7 Å². The highest BCUT2D eigenvalue weighted by molar-refractivity contribution is 6.00. The number of carboxylic acids is 1. The van der Waals surface area contributed by atoms with Gasteiger partial charge in [0.2, 0.25) is 5.91 Å². The van der Waals surface area contributed by atoms with Crippen LogP contribution in [0.25, 0.3) is 0 Å². The average Bonchev–Trinajstić information content (AvgIpc) is 2.87. The van der Waals surface area contributed by atoms with E-state index in [2.05, 4.69) is 5.32 Å². The summed E-state index contributed by atoms with van der Waals surface area (Å²) in [5.74, 6) is -1.46. The predicted octanol–water partition coefficient (Wildman–Crippen LogP) is 1.20. The van der Waals surface area contributed by atoms with Gasteiger partial charge >= 0.3 is 5.97 Å². The van der Waals surface area contributed by atoms with Crippen LogP contribution in [0.4, 0.5) is 5.69 Å². The Labute approximate surface area is 117 Å². The fourth-order valence-electron chi connectivity index (χ4n) is 3.11. The largest absolute Gasteiger partial charge is 0.481 e. The molecule has 3 rings (SSSR count). The number of fused-ring (bicyclic) bond motifs is 1. The van der Waals surface area contributed by atoms with Gasteiger partial charge in [-0.2, -0.15) is 0 Å². The van der Waals surface area contributed by atoms with Gasteiger partial charge in [-0.1, -0.05) is 18.2 Å². The highest BCUT2D eigenvalue weighted by Crippen LogP contribution is 2.37. The van der Waals surface area contributed by atoms with Gasteiger partial charge < -0.3 is 15.3 Å². The molecule has 5 heteroatoms. The van der Waals surface area contributed by atoms with Crippen molar-refractivity contribution in [3.63, 3.8) is 0 Å². The van der Waals surface area contributed by atoms with E-state index in [0.29, 0.717) is 6.54 Å². The molecular weight excluding hydrogens is 256 g/mol. The quantitative estimate of drug-likeness (QED) is 0.850. The number of carbonyl (C=O) groups is 2. The van der Waals surface area contributed by atoms with E-state index in [0.717, 1.165) is 30.6 Å². The fourth-order valence-corrected chi connectivity index (χ4v) is 3.11. The summed E-state index contributed by atoms with van der Waals surface area (Å²) in [5.41, 5.74) is 1.51. The molecule has 2 heterocycles. The van der Waals surface area contributed by atoms with E-state index in [1.165, 1.54) is 0 Å². The number of carboxylic acid groups (broad SMARTS) is 1. The molecule has 1 aromatic carbocycles. The first-order valence-corrected chi connectivity index (χ1v) is 7.02. The Morgan fingerprint density at radius 1 is 1.30 bits per heavy atom. The van der Waals surface area contributed by atoms with Gasteiger partial charge in [-0.25, -0.2) is 0 Å². The van der Waals surface area contributed by atoms with E-state index < -0.39 is 11.9 Å². The standard InChI is InChI=1S/C15H18N2O3/c18-14(10-4-3-7-16-8-10)17-9-12(15(19)20)11-5-1-2-6-13(11)17/h1-2,5-6,10,12,16H,3-4,7-9H2,(H,19,20). The van der Waals surface area contributed by atoms with Gasteiger partial charge in [-0.05, 0) is 31.0 Å². The van der Waals surface area contributed by atoms with E-state index in [1.807, 2.05) is 18.2 Å². The zero-order valence-electron chi connectivity index (χ0n) is 11.2. The Balaban J connectivity index is 1.87. The molecule has 0 aliphatic carbocycles. The van der Waals surface area contributed by atoms with Crippen LogP contribution in [0.1, 0.15) is 24.3 Å². The topological polar surface area (TPSA) is 69.6 Å². The van der Waals surface area contributed by atoms with Gasteiger partial charge in [-0.3, -0.25) is 9.59 Å². The third-order valence-electron chi connectivity index (χ3n) is 4.18. The summed E-state index contributed by atoms with van der Waals surface area (Å²) >= 11 is 0. The maximum atomic E-state index is 12.6. The van der Waals surface area contributed by atoms with Crippen molar-refractivity contribution >= 4 is 17.6 Å². The van der Waals surface area contributed by atoms with Crippen LogP contribution in [-0.2, 0) is 9.59 Å². The maximum Gasteiger partial charge on any atom is 0.312 e. The molecular formula is C15H18N2O3. The lowest BCUT2D eigenvalue weighted by Gasteiger charge is -2.27. The smallest absolute Gasteiger partial charge is 0.312 e. The van der Waals surface area contributed by atoms with Crippen LogP contribution in [0.2, 0.25) is 0 Å². The van der Waals surface area contributed by atoms with Crippen LogP contribution in [-0.4, -0.2) is 36.6 Å². The number of piperidine rings is 1. The van der Waals surface area contributed by atoms with Crippen LogP contribution < -0.4 is 10.2 Å². The molecule has 2 unspecified atom stereocenters. The molecule has 1 aromatic rings. The average molecular weight is 274 g/mol. The number of para-hydroxylation sites is 1. The van der Waals surface area contributed by atoms with Crippen molar-refractivity contribution in [2.45, 2.75) is 18.8 Å². The number of nitrogens with one attached hydrogen (secondary N) is 1. The molecule has 2 atom stereocenters. The Kier molecular flexibility index (Phi) is 3.44. The van der Waals surface area contributed by atoms with Crippen molar-refractivity contribution in [3.05, 3.63) is 29.8 Å². The van der Waals surface area contributed by atoms with Crippen LogP contribution in [0.15, 0.2) is 24.3 Å². The lowest BCUT2D eigenvalue weighted by Crippen LogP contribution is -2.43. The predicted molar refractivity (Wildman–Crippen MR) is 74.8 cm³/mol. The zero-order chi connectivity index (χ0) is 14.1. The van der Waals surface area contributed by atoms with Crippen molar-refractivity contribution in [1.29, 1.82) is 0 Å². The second-order valence-electron chi connectivity index (χ2n) is 5.44. The van der Waals surface area contributed by atoms with E-state index >= 15 is 0 Å². The van der Waals surface area contributed by atoms with Gasteiger partial charge in [-0.15, -0.1) is 0 Å². The first-order chi connectivity index (χ1) is 9.68. The normalized spacial score (nSPS) is 25.3. The molecule has 2 aliphatic heterocycles. The summed E-state index contributed by atoms with van der Waals surface area (Å²) in [6, 6.07) is 7.32. The Morgan fingerprint density at radius 2 is 2.10 bits per heavy atom. The van der Waals surface area contributed by atoms with Crippen molar-refractivity contribution < 1.29 is 14.7 Å². The van der Waals surface area contributed by atoms with E-state index in [1.54, 1.807) is 11.0 Å². The number of nitrogens with zero attached hydrogens (tertiary/aromatic N) is 1. The molecule has 1 saturated heterocycles. The monoisotopic (exact) mass is 274 g/mol. The first-order valence-electron chi connectivity index (χ1n) is 7.02. The minimum Gasteiger partial charge on any atom is -0.481 e. The van der Waals surface area contributed by atoms with Crippen molar-refractivity contribution in [2.24, 2.45) is 5.92 Å². The van der Waals surface area contributed by atoms with Gasteiger partial charge in [0.05, 0.1) is 5.92 Å². The number of anilines is 1. The summed E-state index contributed by atoms with van der Waals surface area (Å²) in [5, 5.41) is 12.6. The molecule has 2 aliphatic rings. The van der Waals surface area contributed by atoms with Crippen LogP contribution in [0.5, 0.6) is 0 Å². The lowest BCUT2D eigenvalue weighted by molar-refractivity contribution is -0.138. The Hall–Kier alpha value is -1.88. The second-order valence-corrected chi connectivity index (χ2v) is 5.44. The summed E-state index contributed by atoms with van der Waals surface area (Å²) in [7, 11) is 0. The Bertz CT molecular complexity index is 538. The molecule has 0 aromatic heterocycles. The SMILES string of the molecule is O=C(O)C1CN(C(=O)C2CCCNC2)c2ccccc21. The van der Waals surface area contributed by atoms with E-state index in [-0.39, 0.29) is 18.4 Å². The highest BCUT2D eigenvalue weighted by Gasteiger charge is 2.38. The highest BCUT2D eigenvalue weighted by atomic mass is 16.4. The van der Waals surface area contributed by atoms with Crippen LogP contribution >= 0.6 is 0 Å². The number of amides is 1. The third kappa shape index (κ3) is 2.18. The molecule has 0 bridgehead atoms. The van der Waals surface area contributed by atoms with Crippen LogP contribution in [0, 0.1) is 5.92 Å². The number of benzene rings is 1. The zero-order valence-corrected chi connectivity index (χ0v) is 11.2. The van der Waals surface area contributed by atoms with Gasteiger partial charge in [0.25, 0.3) is 0 Å². The third-order valence-corrected chi connectivity index (χ3v) is 4.18. The van der Waals surface area contributed by atoms with Crippen molar-refractivity contribution in [2.75, 3.05) is 24.5 Å². The van der Waals surface area contributed by atoms with Crippen molar-refractivity contribution in [1.82, 2.24) is 5.32 Å². The minimum atomic E-state index is -0.866. The van der Waals surface area contributed by atoms with Crippen molar-refractivity contribution in [3.8, 4) is 0 Å². The molecule has 1 amide bonds. The minimum absolute atomic E-state index is 0.0376. The molecule has 0 spiro atoms. The summed E-state index contributed by atoms with van der Waals surface area (Å²) in [6.45, 7) is 1.90. The first kappa shape index (κ1) is 13.1. The number of carbonyl (C=O) groups excluding carboxylic acids is 1. The van der Waals surface area contributed by atoms with Gasteiger partial charge in [0.1, 0.15) is 5.92 Å². The van der Waals surface area contributed by atoms with Crippen LogP contribution in [0.3, 0.4) is 0 Å². The number of hydrogen-bond donors (Lipinski definition) is 2. The summed E-state index contributed by atoms with van der Waals surface area (Å²) < 4.78 is 0. The molecule has 2 N–H and O–H groups in total. The van der Waals surface area contributed by atoms with Gasteiger partial charge in [0, 0.05) is 18.8 Å². The molecule has 1 fully saturated rings. The Morgan fingerprint density at radius 3 is 2.80 bits per heavy atom. The summed E-state index contributed by atoms with van der Waals surface area (Å²) in [4.78, 5) is 25.6. The second kappa shape index (κ2) is 5.25. The number of hydrogen-bond acceptors (Lipinski definition) is 3. The molecule has 20 heavy (non-hydrogen) atoms.